The molecule has 0 aliphatic heterocycles. The molecule has 0 aliphatic carbocycles. The average Bonchev–Trinajstić information content (AvgIpc) is 3.53. The second-order valence-corrected chi connectivity index (χ2v) is 8.70. The quantitative estimate of drug-likeness (QED) is 0.389. The van der Waals surface area contributed by atoms with Crippen LogP contribution in [0.4, 0.5) is 0 Å². The monoisotopic (exact) mass is 465 g/mol. The highest BCUT2D eigenvalue weighted by atomic mass is 16.2. The number of benzene rings is 2. The largest absolute Gasteiger partial charge is 0.336 e. The highest BCUT2D eigenvalue weighted by Crippen LogP contribution is 2.26. The van der Waals surface area contributed by atoms with Gasteiger partial charge in [0.25, 0.3) is 5.91 Å². The van der Waals surface area contributed by atoms with Crippen LogP contribution in [0, 0.1) is 13.8 Å². The lowest BCUT2D eigenvalue weighted by Crippen LogP contribution is -2.27. The Balaban J connectivity index is 1.53. The SMILES string of the molecule is CCn1ncc(CN(C)C(=O)c2nc(-c3ccc(-c4ccn[nH]4)cc3)nc3ccc(C)cc23)c1C. The molecule has 0 fully saturated rings. The van der Waals surface area contributed by atoms with Crippen LogP contribution >= 0.6 is 0 Å². The van der Waals surface area contributed by atoms with E-state index < -0.39 is 0 Å². The van der Waals surface area contributed by atoms with E-state index in [1.165, 1.54) is 0 Å². The average molecular weight is 466 g/mol. The molecule has 0 saturated heterocycles. The molecule has 3 heterocycles. The Morgan fingerprint density at radius 2 is 1.80 bits per heavy atom. The van der Waals surface area contributed by atoms with Crippen molar-refractivity contribution >= 4 is 16.8 Å². The van der Waals surface area contributed by atoms with Crippen LogP contribution in [-0.4, -0.2) is 47.8 Å². The summed E-state index contributed by atoms with van der Waals surface area (Å²) in [6, 6.07) is 15.8. The minimum absolute atomic E-state index is 0.151. The molecule has 8 nitrogen and oxygen atoms in total. The van der Waals surface area contributed by atoms with Gasteiger partial charge in [-0.1, -0.05) is 35.9 Å². The first-order chi connectivity index (χ1) is 16.9. The van der Waals surface area contributed by atoms with E-state index in [-0.39, 0.29) is 5.91 Å². The van der Waals surface area contributed by atoms with Crippen LogP contribution in [0.3, 0.4) is 0 Å². The fourth-order valence-electron chi connectivity index (χ4n) is 4.22. The molecule has 2 aromatic carbocycles. The van der Waals surface area contributed by atoms with Gasteiger partial charge in [0.15, 0.2) is 5.82 Å². The van der Waals surface area contributed by atoms with E-state index in [2.05, 4.69) is 22.2 Å². The minimum Gasteiger partial charge on any atom is -0.336 e. The molecule has 0 unspecified atom stereocenters. The van der Waals surface area contributed by atoms with Crippen LogP contribution < -0.4 is 0 Å². The maximum atomic E-state index is 13.7. The molecule has 0 bridgehead atoms. The van der Waals surface area contributed by atoms with Gasteiger partial charge in [-0.15, -0.1) is 0 Å². The van der Waals surface area contributed by atoms with Crippen LogP contribution in [0.15, 0.2) is 60.9 Å². The lowest BCUT2D eigenvalue weighted by atomic mass is 10.1. The summed E-state index contributed by atoms with van der Waals surface area (Å²) < 4.78 is 1.93. The van der Waals surface area contributed by atoms with E-state index in [4.69, 9.17) is 9.97 Å². The number of fused-ring (bicyclic) bond motifs is 1. The number of aromatic amines is 1. The number of aryl methyl sites for hydroxylation is 2. The third kappa shape index (κ3) is 4.30. The number of carbonyl (C=O) groups is 1. The van der Waals surface area contributed by atoms with E-state index in [0.717, 1.165) is 51.1 Å². The van der Waals surface area contributed by atoms with Crippen molar-refractivity contribution in [1.82, 2.24) is 34.8 Å². The van der Waals surface area contributed by atoms with E-state index in [1.54, 1.807) is 18.1 Å². The molecule has 8 heteroatoms. The Morgan fingerprint density at radius 3 is 2.49 bits per heavy atom. The Morgan fingerprint density at radius 1 is 1.03 bits per heavy atom. The summed E-state index contributed by atoms with van der Waals surface area (Å²) in [5, 5.41) is 12.1. The van der Waals surface area contributed by atoms with E-state index >= 15 is 0 Å². The Hall–Kier alpha value is -4.33. The molecule has 176 valence electrons. The summed E-state index contributed by atoms with van der Waals surface area (Å²) in [5.74, 6) is 0.367. The zero-order chi connectivity index (χ0) is 24.5. The van der Waals surface area contributed by atoms with Gasteiger partial charge in [0.1, 0.15) is 5.69 Å². The molecule has 5 aromatic rings. The number of H-pyrrole nitrogens is 1. The highest BCUT2D eigenvalue weighted by molar-refractivity contribution is 6.05. The Bertz CT molecular complexity index is 1500. The summed E-state index contributed by atoms with van der Waals surface area (Å²) in [6.07, 6.45) is 3.55. The third-order valence-corrected chi connectivity index (χ3v) is 6.27. The fraction of sp³-hybridized carbons (Fsp3) is 0.222. The summed E-state index contributed by atoms with van der Waals surface area (Å²) in [7, 11) is 1.80. The van der Waals surface area contributed by atoms with Crippen LogP contribution in [0.25, 0.3) is 33.5 Å². The first kappa shape index (κ1) is 22.5. The van der Waals surface area contributed by atoms with Gasteiger partial charge in [-0.3, -0.25) is 14.6 Å². The summed E-state index contributed by atoms with van der Waals surface area (Å²) >= 11 is 0. The van der Waals surface area contributed by atoms with Gasteiger partial charge in [0, 0.05) is 48.5 Å². The predicted octanol–water partition coefficient (Wildman–Crippen LogP) is 4.79. The molecule has 0 saturated carbocycles. The molecule has 35 heavy (non-hydrogen) atoms. The van der Waals surface area contributed by atoms with Gasteiger partial charge in [-0.25, -0.2) is 9.97 Å². The Kier molecular flexibility index (Phi) is 5.86. The molecular weight excluding hydrogens is 438 g/mol. The smallest absolute Gasteiger partial charge is 0.273 e. The van der Waals surface area contributed by atoms with Crippen LogP contribution in [0.5, 0.6) is 0 Å². The first-order valence-electron chi connectivity index (χ1n) is 11.6. The third-order valence-electron chi connectivity index (χ3n) is 6.27. The molecule has 0 radical (unpaired) electrons. The van der Waals surface area contributed by atoms with Gasteiger partial charge < -0.3 is 4.90 Å². The van der Waals surface area contributed by atoms with Crippen molar-refractivity contribution in [1.29, 1.82) is 0 Å². The zero-order valence-corrected chi connectivity index (χ0v) is 20.3. The number of carbonyl (C=O) groups excluding carboxylic acids is 1. The lowest BCUT2D eigenvalue weighted by molar-refractivity contribution is 0.0781. The van der Waals surface area contributed by atoms with Crippen molar-refractivity contribution in [3.8, 4) is 22.6 Å². The Labute approximate surface area is 203 Å². The highest BCUT2D eigenvalue weighted by Gasteiger charge is 2.21. The predicted molar refractivity (Wildman–Crippen MR) is 136 cm³/mol. The van der Waals surface area contributed by atoms with Crippen LogP contribution in [0.2, 0.25) is 0 Å². The fourth-order valence-corrected chi connectivity index (χ4v) is 4.22. The number of rotatable bonds is 6. The van der Waals surface area contributed by atoms with Crippen molar-refractivity contribution < 1.29 is 4.79 Å². The number of nitrogens with zero attached hydrogens (tertiary/aromatic N) is 6. The molecule has 5 rings (SSSR count). The van der Waals surface area contributed by atoms with Gasteiger partial charge in [0.2, 0.25) is 0 Å². The maximum Gasteiger partial charge on any atom is 0.273 e. The molecule has 1 N–H and O–H groups in total. The van der Waals surface area contributed by atoms with Crippen molar-refractivity contribution in [2.24, 2.45) is 0 Å². The van der Waals surface area contributed by atoms with Crippen molar-refractivity contribution in [2.45, 2.75) is 33.9 Å². The van der Waals surface area contributed by atoms with Crippen LogP contribution in [-0.2, 0) is 13.1 Å². The number of aromatic nitrogens is 6. The topological polar surface area (TPSA) is 92.6 Å². The van der Waals surface area contributed by atoms with Gasteiger partial charge in [0.05, 0.1) is 17.4 Å². The molecular formula is C27H27N7O. The minimum atomic E-state index is -0.151. The molecule has 0 aliphatic rings. The maximum absolute atomic E-state index is 13.7. The second kappa shape index (κ2) is 9.13. The van der Waals surface area contributed by atoms with Crippen molar-refractivity contribution in [2.75, 3.05) is 7.05 Å². The normalized spacial score (nSPS) is 11.2. The van der Waals surface area contributed by atoms with Crippen LogP contribution in [0.1, 0.15) is 34.2 Å². The van der Waals surface area contributed by atoms with E-state index in [0.29, 0.717) is 18.1 Å². The number of hydrogen-bond donors (Lipinski definition) is 1. The first-order valence-corrected chi connectivity index (χ1v) is 11.6. The standard InChI is InChI=1S/C27H27N7O/c1-5-34-18(3)21(15-29-34)16-33(4)27(35)25-22-14-17(2)6-11-24(22)30-26(31-25)20-9-7-19(8-10-20)23-12-13-28-32-23/h6-15H,5,16H2,1-4H3,(H,28,32). The van der Waals surface area contributed by atoms with E-state index in [1.807, 2.05) is 73.3 Å². The summed E-state index contributed by atoms with van der Waals surface area (Å²) in [5.41, 5.74) is 7.06. The van der Waals surface area contributed by atoms with Crippen molar-refractivity contribution in [3.63, 3.8) is 0 Å². The zero-order valence-electron chi connectivity index (χ0n) is 20.3. The molecule has 0 spiro atoms. The van der Waals surface area contributed by atoms with Gasteiger partial charge in [-0.2, -0.15) is 10.2 Å². The lowest BCUT2D eigenvalue weighted by Gasteiger charge is -2.18. The second-order valence-electron chi connectivity index (χ2n) is 8.70. The number of nitrogens with one attached hydrogen (secondary N) is 1. The molecule has 1 amide bonds. The van der Waals surface area contributed by atoms with Gasteiger partial charge >= 0.3 is 0 Å². The van der Waals surface area contributed by atoms with Crippen molar-refractivity contribution in [3.05, 3.63) is 83.4 Å². The molecule has 0 atom stereocenters. The molecule has 3 aromatic heterocycles. The van der Waals surface area contributed by atoms with E-state index in [9.17, 15) is 4.79 Å². The van der Waals surface area contributed by atoms with Gasteiger partial charge in [-0.05, 0) is 44.5 Å². The number of amides is 1. The summed E-state index contributed by atoms with van der Waals surface area (Å²) in [6.45, 7) is 7.33. The number of hydrogen-bond acceptors (Lipinski definition) is 5. The summed E-state index contributed by atoms with van der Waals surface area (Å²) in [4.78, 5) is 24.9.